The van der Waals surface area contributed by atoms with E-state index in [4.69, 9.17) is 0 Å². The maximum absolute atomic E-state index is 3.16. The zero-order valence-corrected chi connectivity index (χ0v) is 11.6. The lowest BCUT2D eigenvalue weighted by Gasteiger charge is -2.50. The molecule has 1 radical (unpaired) electrons. The van der Waals surface area contributed by atoms with Crippen molar-refractivity contribution in [2.75, 3.05) is 0 Å². The minimum Gasteiger partial charge on any atom is -0.0648 e. The molecule has 0 aromatic heterocycles. The van der Waals surface area contributed by atoms with Gasteiger partial charge in [-0.1, -0.05) is 70.7 Å². The summed E-state index contributed by atoms with van der Waals surface area (Å²) >= 11 is 0. The van der Waals surface area contributed by atoms with Crippen molar-refractivity contribution < 1.29 is 0 Å². The highest BCUT2D eigenvalue weighted by Crippen LogP contribution is 2.52. The van der Waals surface area contributed by atoms with E-state index in [9.17, 15) is 0 Å². The van der Waals surface area contributed by atoms with E-state index in [-0.39, 0.29) is 0 Å². The normalized spacial score (nSPS) is 20.2. The van der Waals surface area contributed by atoms with Crippen molar-refractivity contribution in [3.63, 3.8) is 0 Å². The molecular formula is C17H25. The van der Waals surface area contributed by atoms with Crippen molar-refractivity contribution >= 4 is 0 Å². The SMILES string of the molecule is CCC(C)(C)C1(c2cc[c]cc2)CCCCC1. The van der Waals surface area contributed by atoms with E-state index >= 15 is 0 Å². The summed E-state index contributed by atoms with van der Waals surface area (Å²) in [7, 11) is 0. The Kier molecular flexibility index (Phi) is 3.61. The Hall–Kier alpha value is -0.780. The molecule has 0 amide bonds. The Morgan fingerprint density at radius 3 is 2.24 bits per heavy atom. The van der Waals surface area contributed by atoms with Crippen LogP contribution in [-0.4, -0.2) is 0 Å². The third-order valence-corrected chi connectivity index (χ3v) is 5.16. The highest BCUT2D eigenvalue weighted by molar-refractivity contribution is 5.28. The minimum atomic E-state index is 0.398. The lowest BCUT2D eigenvalue weighted by atomic mass is 9.54. The van der Waals surface area contributed by atoms with Crippen LogP contribution >= 0.6 is 0 Å². The fraction of sp³-hybridized carbons (Fsp3) is 0.647. The van der Waals surface area contributed by atoms with Crippen LogP contribution < -0.4 is 0 Å². The predicted octanol–water partition coefficient (Wildman–Crippen LogP) is 5.12. The molecule has 0 saturated heterocycles. The Balaban J connectivity index is 2.44. The Morgan fingerprint density at radius 2 is 1.71 bits per heavy atom. The van der Waals surface area contributed by atoms with Crippen molar-refractivity contribution in [3.05, 3.63) is 35.9 Å². The van der Waals surface area contributed by atoms with Gasteiger partial charge in [0, 0.05) is 5.41 Å². The van der Waals surface area contributed by atoms with Crippen molar-refractivity contribution in [2.24, 2.45) is 5.41 Å². The van der Waals surface area contributed by atoms with Crippen molar-refractivity contribution in [1.29, 1.82) is 0 Å². The first-order valence-corrected chi connectivity index (χ1v) is 7.09. The van der Waals surface area contributed by atoms with Crippen LogP contribution in [0.1, 0.15) is 64.9 Å². The number of hydrogen-bond donors (Lipinski definition) is 0. The average molecular weight is 229 g/mol. The van der Waals surface area contributed by atoms with Crippen LogP contribution in [0.15, 0.2) is 24.3 Å². The molecule has 93 valence electrons. The molecule has 1 fully saturated rings. The quantitative estimate of drug-likeness (QED) is 0.674. The van der Waals surface area contributed by atoms with Gasteiger partial charge in [-0.3, -0.25) is 0 Å². The molecule has 1 aromatic rings. The lowest BCUT2D eigenvalue weighted by Crippen LogP contribution is -2.43. The van der Waals surface area contributed by atoms with Gasteiger partial charge in [0.15, 0.2) is 0 Å². The van der Waals surface area contributed by atoms with Crippen LogP contribution in [-0.2, 0) is 5.41 Å². The van der Waals surface area contributed by atoms with Crippen molar-refractivity contribution in [2.45, 2.75) is 64.7 Å². The number of rotatable bonds is 3. The van der Waals surface area contributed by atoms with Gasteiger partial charge < -0.3 is 0 Å². The molecule has 1 aliphatic rings. The second-order valence-electron chi connectivity index (χ2n) is 6.17. The summed E-state index contributed by atoms with van der Waals surface area (Å²) in [5.41, 5.74) is 2.34. The minimum absolute atomic E-state index is 0.398. The monoisotopic (exact) mass is 229 g/mol. The van der Waals surface area contributed by atoms with Gasteiger partial charge in [0.25, 0.3) is 0 Å². The van der Waals surface area contributed by atoms with Gasteiger partial charge in [-0.05, 0) is 29.9 Å². The first kappa shape index (κ1) is 12.7. The van der Waals surface area contributed by atoms with E-state index in [1.807, 2.05) is 0 Å². The van der Waals surface area contributed by atoms with Gasteiger partial charge in [-0.15, -0.1) is 0 Å². The molecule has 0 nitrogen and oxygen atoms in total. The van der Waals surface area contributed by atoms with Gasteiger partial charge in [-0.25, -0.2) is 0 Å². The molecule has 1 saturated carbocycles. The standard InChI is InChI=1S/C17H25/c1-4-16(2,3)17(13-9-6-10-14-17)15-11-7-5-8-12-15/h7-8,11-12H,4,6,9-10,13-14H2,1-3H3. The highest BCUT2D eigenvalue weighted by Gasteiger charge is 2.45. The first-order valence-electron chi connectivity index (χ1n) is 7.09. The Bertz CT molecular complexity index is 342. The Labute approximate surface area is 106 Å². The summed E-state index contributed by atoms with van der Waals surface area (Å²) in [6, 6.07) is 11.9. The van der Waals surface area contributed by atoms with E-state index in [2.05, 4.69) is 51.1 Å². The largest absolute Gasteiger partial charge is 0.0648 e. The topological polar surface area (TPSA) is 0 Å². The predicted molar refractivity (Wildman–Crippen MR) is 74.1 cm³/mol. The van der Waals surface area contributed by atoms with Crippen LogP contribution in [0.3, 0.4) is 0 Å². The van der Waals surface area contributed by atoms with Crippen molar-refractivity contribution in [3.8, 4) is 0 Å². The lowest BCUT2D eigenvalue weighted by molar-refractivity contribution is 0.103. The van der Waals surface area contributed by atoms with E-state index < -0.39 is 0 Å². The smallest absolute Gasteiger partial charge is 0.000402 e. The fourth-order valence-electron chi connectivity index (χ4n) is 3.56. The summed E-state index contributed by atoms with van der Waals surface area (Å²) in [5.74, 6) is 0. The summed E-state index contributed by atoms with van der Waals surface area (Å²) in [6.07, 6.45) is 8.17. The molecule has 1 aliphatic carbocycles. The summed E-state index contributed by atoms with van der Waals surface area (Å²) in [5, 5.41) is 0. The highest BCUT2D eigenvalue weighted by atomic mass is 14.5. The van der Waals surface area contributed by atoms with E-state index in [1.54, 1.807) is 5.56 Å². The summed E-state index contributed by atoms with van der Waals surface area (Å²) in [4.78, 5) is 0. The maximum atomic E-state index is 3.16. The van der Waals surface area contributed by atoms with Crippen molar-refractivity contribution in [1.82, 2.24) is 0 Å². The maximum Gasteiger partial charge on any atom is 0.000402 e. The third kappa shape index (κ3) is 2.14. The van der Waals surface area contributed by atoms with Gasteiger partial charge in [-0.2, -0.15) is 0 Å². The summed E-state index contributed by atoms with van der Waals surface area (Å²) < 4.78 is 0. The average Bonchev–Trinajstić information content (AvgIpc) is 2.40. The number of benzene rings is 1. The molecule has 0 aliphatic heterocycles. The molecule has 1 aromatic carbocycles. The van der Waals surface area contributed by atoms with E-state index in [0.717, 1.165) is 0 Å². The third-order valence-electron chi connectivity index (χ3n) is 5.16. The molecule has 0 spiro atoms. The fourth-order valence-corrected chi connectivity index (χ4v) is 3.56. The zero-order valence-electron chi connectivity index (χ0n) is 11.6. The Morgan fingerprint density at radius 1 is 1.12 bits per heavy atom. The van der Waals surface area contributed by atoms with Gasteiger partial charge in [0.05, 0.1) is 0 Å². The molecule has 0 bridgehead atoms. The molecule has 0 atom stereocenters. The molecular weight excluding hydrogens is 204 g/mol. The molecule has 17 heavy (non-hydrogen) atoms. The molecule has 0 unspecified atom stereocenters. The van der Waals surface area contributed by atoms with E-state index in [0.29, 0.717) is 10.8 Å². The van der Waals surface area contributed by atoms with Gasteiger partial charge in [0.1, 0.15) is 0 Å². The molecule has 0 N–H and O–H groups in total. The number of hydrogen-bond acceptors (Lipinski definition) is 0. The first-order chi connectivity index (χ1) is 8.12. The second-order valence-corrected chi connectivity index (χ2v) is 6.17. The molecule has 2 rings (SSSR count). The molecule has 0 heteroatoms. The van der Waals surface area contributed by atoms with Crippen LogP contribution in [0.25, 0.3) is 0 Å². The molecule has 0 heterocycles. The van der Waals surface area contributed by atoms with Crippen LogP contribution in [0.4, 0.5) is 0 Å². The summed E-state index contributed by atoms with van der Waals surface area (Å²) in [6.45, 7) is 7.25. The van der Waals surface area contributed by atoms with Crippen LogP contribution in [0, 0.1) is 11.5 Å². The zero-order chi connectivity index (χ0) is 12.4. The van der Waals surface area contributed by atoms with Gasteiger partial charge >= 0.3 is 0 Å². The van der Waals surface area contributed by atoms with Crippen LogP contribution in [0.5, 0.6) is 0 Å². The van der Waals surface area contributed by atoms with Gasteiger partial charge in [0.2, 0.25) is 0 Å². The van der Waals surface area contributed by atoms with E-state index in [1.165, 1.54) is 38.5 Å². The van der Waals surface area contributed by atoms with Crippen LogP contribution in [0.2, 0.25) is 0 Å². The second kappa shape index (κ2) is 4.84.